The second-order valence-corrected chi connectivity index (χ2v) is 8.89. The minimum absolute atomic E-state index is 0.0274. The number of hydrogen-bond donors (Lipinski definition) is 0. The minimum atomic E-state index is -0.143. The molecule has 1 aliphatic heterocycles. The van der Waals surface area contributed by atoms with Gasteiger partial charge in [0.2, 0.25) is 0 Å². The van der Waals surface area contributed by atoms with E-state index in [1.807, 2.05) is 42.5 Å². The first-order valence-corrected chi connectivity index (χ1v) is 12.4. The van der Waals surface area contributed by atoms with E-state index >= 15 is 0 Å². The maximum atomic E-state index is 13.4. The Bertz CT molecular complexity index is 1040. The van der Waals surface area contributed by atoms with Crippen molar-refractivity contribution in [3.8, 4) is 17.2 Å². The fourth-order valence-corrected chi connectivity index (χ4v) is 4.70. The lowest BCUT2D eigenvalue weighted by atomic mass is 9.76. The zero-order valence-electron chi connectivity index (χ0n) is 19.0. The molecular weight excluding hydrogens is 484 g/mol. The van der Waals surface area contributed by atoms with Gasteiger partial charge in [0.1, 0.15) is 5.75 Å². The lowest BCUT2D eigenvalue weighted by molar-refractivity contribution is -0.123. The summed E-state index contributed by atoms with van der Waals surface area (Å²) >= 11 is 3.43. The van der Waals surface area contributed by atoms with Crippen molar-refractivity contribution in [2.75, 3.05) is 31.2 Å². The van der Waals surface area contributed by atoms with Crippen molar-refractivity contribution in [2.24, 2.45) is 16.9 Å². The number of alkyl halides is 1. The van der Waals surface area contributed by atoms with E-state index in [0.29, 0.717) is 24.5 Å². The Morgan fingerprint density at radius 2 is 1.70 bits per heavy atom. The molecule has 174 valence electrons. The zero-order chi connectivity index (χ0) is 23.2. The van der Waals surface area contributed by atoms with Crippen molar-refractivity contribution in [3.05, 3.63) is 60.2 Å². The fourth-order valence-electron chi connectivity index (χ4n) is 4.30. The molecule has 0 fully saturated rings. The molecule has 0 bridgehead atoms. The van der Waals surface area contributed by atoms with Gasteiger partial charge in [0.15, 0.2) is 11.5 Å². The van der Waals surface area contributed by atoms with Crippen molar-refractivity contribution in [1.29, 1.82) is 0 Å². The van der Waals surface area contributed by atoms with Crippen LogP contribution in [0.15, 0.2) is 59.7 Å². The molecule has 1 aliphatic carbocycles. The summed E-state index contributed by atoms with van der Waals surface area (Å²) in [5, 5.41) is 7.38. The highest BCUT2D eigenvalue weighted by Crippen LogP contribution is 2.38. The van der Waals surface area contributed by atoms with Crippen LogP contribution < -0.4 is 19.2 Å². The Kier molecular flexibility index (Phi) is 7.70. The van der Waals surface area contributed by atoms with Gasteiger partial charge in [-0.2, -0.15) is 5.10 Å². The smallest absolute Gasteiger partial charge is 0.251 e. The number of allylic oxidation sites excluding steroid dienone is 2. The van der Waals surface area contributed by atoms with Crippen molar-refractivity contribution in [3.63, 3.8) is 0 Å². The SMILES string of the molecule is COc1ccc(C2=NN(c3ccc(OCCCCBr)cc3)C(=O)[C@@H]3CC=CC[C@H]23)cc1OC. The van der Waals surface area contributed by atoms with Crippen molar-refractivity contribution >= 4 is 33.2 Å². The highest BCUT2D eigenvalue weighted by atomic mass is 79.9. The van der Waals surface area contributed by atoms with Crippen LogP contribution in [0.3, 0.4) is 0 Å². The van der Waals surface area contributed by atoms with Gasteiger partial charge in [-0.25, -0.2) is 5.01 Å². The third-order valence-corrected chi connectivity index (χ3v) is 6.64. The topological polar surface area (TPSA) is 60.4 Å². The van der Waals surface area contributed by atoms with E-state index < -0.39 is 0 Å². The first kappa shape index (κ1) is 23.4. The maximum absolute atomic E-state index is 13.4. The number of amides is 1. The van der Waals surface area contributed by atoms with Gasteiger partial charge < -0.3 is 14.2 Å². The standard InChI is InChI=1S/C26H29BrN2O4/c1-31-23-14-9-18(17-24(23)32-2)25-21-7-3-4-8-22(21)26(30)29(28-25)19-10-12-20(13-11-19)33-16-6-5-15-27/h3-4,9-14,17,21-22H,5-8,15-16H2,1-2H3/t21-,22+/m0/s1. The molecule has 33 heavy (non-hydrogen) atoms. The lowest BCUT2D eigenvalue weighted by Gasteiger charge is -2.37. The van der Waals surface area contributed by atoms with Crippen LogP contribution in [0.25, 0.3) is 0 Å². The number of unbranched alkanes of at least 4 members (excludes halogenated alkanes) is 1. The van der Waals surface area contributed by atoms with Crippen LogP contribution in [0.4, 0.5) is 5.69 Å². The number of methoxy groups -OCH3 is 2. The van der Waals surface area contributed by atoms with Crippen LogP contribution in [0, 0.1) is 11.8 Å². The summed E-state index contributed by atoms with van der Waals surface area (Å²) < 4.78 is 16.7. The number of halogens is 1. The Morgan fingerprint density at radius 3 is 2.39 bits per heavy atom. The van der Waals surface area contributed by atoms with Gasteiger partial charge in [-0.15, -0.1) is 0 Å². The number of nitrogens with zero attached hydrogens (tertiary/aromatic N) is 2. The van der Waals surface area contributed by atoms with Crippen LogP contribution in [0.2, 0.25) is 0 Å². The normalized spacial score (nSPS) is 19.7. The monoisotopic (exact) mass is 512 g/mol. The second-order valence-electron chi connectivity index (χ2n) is 8.10. The Hall–Kier alpha value is -2.80. The first-order valence-electron chi connectivity index (χ1n) is 11.2. The predicted molar refractivity (Wildman–Crippen MR) is 134 cm³/mol. The number of benzene rings is 2. The third-order valence-electron chi connectivity index (χ3n) is 6.07. The quantitative estimate of drug-likeness (QED) is 0.249. The highest BCUT2D eigenvalue weighted by Gasteiger charge is 2.40. The van der Waals surface area contributed by atoms with Gasteiger partial charge >= 0.3 is 0 Å². The summed E-state index contributed by atoms with van der Waals surface area (Å²) in [5.74, 6) is 2.02. The Labute approximate surface area is 203 Å². The van der Waals surface area contributed by atoms with E-state index in [1.54, 1.807) is 19.2 Å². The molecule has 4 rings (SSSR count). The van der Waals surface area contributed by atoms with Gasteiger partial charge in [-0.3, -0.25) is 4.79 Å². The molecule has 1 heterocycles. The van der Waals surface area contributed by atoms with E-state index in [9.17, 15) is 4.79 Å². The molecule has 2 aromatic rings. The first-order chi connectivity index (χ1) is 16.2. The third kappa shape index (κ3) is 5.08. The Balaban J connectivity index is 1.65. The lowest BCUT2D eigenvalue weighted by Crippen LogP contribution is -2.45. The molecule has 6 nitrogen and oxygen atoms in total. The van der Waals surface area contributed by atoms with Crippen LogP contribution in [-0.4, -0.2) is 37.8 Å². The molecule has 7 heteroatoms. The summed E-state index contributed by atoms with van der Waals surface area (Å²) in [7, 11) is 3.24. The van der Waals surface area contributed by atoms with Crippen LogP contribution in [-0.2, 0) is 4.79 Å². The van der Waals surface area contributed by atoms with E-state index in [0.717, 1.165) is 47.3 Å². The molecule has 0 aromatic heterocycles. The van der Waals surface area contributed by atoms with Crippen molar-refractivity contribution in [1.82, 2.24) is 0 Å². The highest BCUT2D eigenvalue weighted by molar-refractivity contribution is 9.09. The maximum Gasteiger partial charge on any atom is 0.251 e. The summed E-state index contributed by atoms with van der Waals surface area (Å²) in [6.07, 6.45) is 7.80. The molecule has 2 aliphatic rings. The van der Waals surface area contributed by atoms with Gasteiger partial charge in [0, 0.05) is 16.8 Å². The molecule has 0 saturated carbocycles. The molecule has 0 radical (unpaired) electrons. The molecule has 1 amide bonds. The number of rotatable bonds is 9. The largest absolute Gasteiger partial charge is 0.494 e. The zero-order valence-corrected chi connectivity index (χ0v) is 20.6. The molecule has 0 N–H and O–H groups in total. The van der Waals surface area contributed by atoms with E-state index in [-0.39, 0.29) is 17.7 Å². The number of carbonyl (C=O) groups is 1. The van der Waals surface area contributed by atoms with Crippen LogP contribution in [0.1, 0.15) is 31.2 Å². The molecular formula is C26H29BrN2O4. The number of hydrazone groups is 1. The average Bonchev–Trinajstić information content (AvgIpc) is 2.87. The van der Waals surface area contributed by atoms with Gasteiger partial charge in [-0.1, -0.05) is 28.1 Å². The van der Waals surface area contributed by atoms with Crippen molar-refractivity contribution < 1.29 is 19.0 Å². The summed E-state index contributed by atoms with van der Waals surface area (Å²) in [5.41, 5.74) is 2.56. The average molecular weight is 513 g/mol. The summed E-state index contributed by atoms with van der Waals surface area (Å²) in [6.45, 7) is 0.672. The Morgan fingerprint density at radius 1 is 0.970 bits per heavy atom. The second kappa shape index (κ2) is 10.9. The summed E-state index contributed by atoms with van der Waals surface area (Å²) in [6, 6.07) is 13.4. The number of anilines is 1. The predicted octanol–water partition coefficient (Wildman–Crippen LogP) is 5.59. The van der Waals surface area contributed by atoms with E-state index in [1.165, 1.54) is 0 Å². The summed E-state index contributed by atoms with van der Waals surface area (Å²) in [4.78, 5) is 13.4. The van der Waals surface area contributed by atoms with Gasteiger partial charge in [0.05, 0.1) is 38.1 Å². The van der Waals surface area contributed by atoms with Crippen LogP contribution >= 0.6 is 15.9 Å². The molecule has 2 atom stereocenters. The van der Waals surface area contributed by atoms with E-state index in [4.69, 9.17) is 19.3 Å². The molecule has 0 saturated heterocycles. The number of hydrogen-bond acceptors (Lipinski definition) is 5. The van der Waals surface area contributed by atoms with Gasteiger partial charge in [-0.05, 0) is 68.1 Å². The number of fused-ring (bicyclic) bond motifs is 1. The minimum Gasteiger partial charge on any atom is -0.494 e. The molecule has 2 aromatic carbocycles. The van der Waals surface area contributed by atoms with Crippen LogP contribution in [0.5, 0.6) is 17.2 Å². The molecule has 0 spiro atoms. The van der Waals surface area contributed by atoms with Gasteiger partial charge in [0.25, 0.3) is 5.91 Å². The fraction of sp³-hybridized carbons (Fsp3) is 0.385. The number of carbonyl (C=O) groups excluding carboxylic acids is 1. The van der Waals surface area contributed by atoms with E-state index in [2.05, 4.69) is 28.1 Å². The molecule has 0 unspecified atom stereocenters. The van der Waals surface area contributed by atoms with Crippen molar-refractivity contribution in [2.45, 2.75) is 25.7 Å². The number of ether oxygens (including phenoxy) is 3.